The Labute approximate surface area is 127 Å². The van der Waals surface area contributed by atoms with Crippen LogP contribution in [0, 0.1) is 11.8 Å². The Bertz CT molecular complexity index is 468. The molecule has 20 heavy (non-hydrogen) atoms. The molecule has 0 aromatic heterocycles. The van der Waals surface area contributed by atoms with E-state index >= 15 is 0 Å². The molecular formula is C17H25ClN2. The van der Waals surface area contributed by atoms with Crippen LogP contribution in [0.25, 0.3) is 0 Å². The normalized spacial score (nSPS) is 22.8. The molecule has 0 amide bonds. The summed E-state index contributed by atoms with van der Waals surface area (Å²) in [4.78, 5) is 2.53. The van der Waals surface area contributed by atoms with Gasteiger partial charge in [0.25, 0.3) is 0 Å². The van der Waals surface area contributed by atoms with Crippen LogP contribution in [0.4, 0.5) is 5.69 Å². The van der Waals surface area contributed by atoms with Crippen molar-refractivity contribution in [3.63, 3.8) is 0 Å². The van der Waals surface area contributed by atoms with Gasteiger partial charge in [0, 0.05) is 36.4 Å². The van der Waals surface area contributed by atoms with Gasteiger partial charge in [0.2, 0.25) is 0 Å². The Hall–Kier alpha value is -0.730. The van der Waals surface area contributed by atoms with Crippen molar-refractivity contribution < 1.29 is 0 Å². The van der Waals surface area contributed by atoms with Crippen molar-refractivity contribution >= 4 is 17.3 Å². The summed E-state index contributed by atoms with van der Waals surface area (Å²) in [6.07, 6.45) is 3.98. The van der Waals surface area contributed by atoms with E-state index in [-0.39, 0.29) is 0 Å². The number of hydrogen-bond donors (Lipinski definition) is 1. The van der Waals surface area contributed by atoms with Crippen LogP contribution < -0.4 is 10.2 Å². The monoisotopic (exact) mass is 292 g/mol. The van der Waals surface area contributed by atoms with Gasteiger partial charge in [-0.25, -0.2) is 0 Å². The Kier molecular flexibility index (Phi) is 4.23. The van der Waals surface area contributed by atoms with Crippen molar-refractivity contribution in [1.29, 1.82) is 0 Å². The van der Waals surface area contributed by atoms with Crippen molar-refractivity contribution in [1.82, 2.24) is 5.32 Å². The van der Waals surface area contributed by atoms with E-state index in [1.165, 1.54) is 43.6 Å². The van der Waals surface area contributed by atoms with E-state index in [9.17, 15) is 0 Å². The molecule has 1 aromatic rings. The zero-order valence-corrected chi connectivity index (χ0v) is 13.3. The lowest BCUT2D eigenvalue weighted by atomic mass is 9.95. The van der Waals surface area contributed by atoms with E-state index in [1.54, 1.807) is 0 Å². The fourth-order valence-electron chi connectivity index (χ4n) is 3.07. The lowest BCUT2D eigenvalue weighted by molar-refractivity contribution is 0.422. The quantitative estimate of drug-likeness (QED) is 0.880. The zero-order chi connectivity index (χ0) is 14.1. The SMILES string of the molecule is CC(C)C1CCN(c2cc(Cl)ccc2CNC2CC2)C1. The first kappa shape index (κ1) is 14.2. The molecule has 1 atom stereocenters. The predicted molar refractivity (Wildman–Crippen MR) is 86.5 cm³/mol. The second-order valence-corrected chi connectivity index (χ2v) is 7.10. The van der Waals surface area contributed by atoms with Crippen LogP contribution >= 0.6 is 11.6 Å². The summed E-state index contributed by atoms with van der Waals surface area (Å²) >= 11 is 6.22. The average Bonchev–Trinajstić information content (AvgIpc) is 3.11. The molecule has 0 bridgehead atoms. The third kappa shape index (κ3) is 3.29. The average molecular weight is 293 g/mol. The number of nitrogens with one attached hydrogen (secondary N) is 1. The van der Waals surface area contributed by atoms with Gasteiger partial charge < -0.3 is 10.2 Å². The topological polar surface area (TPSA) is 15.3 Å². The first-order valence-electron chi connectivity index (χ1n) is 7.90. The Morgan fingerprint density at radius 2 is 2.10 bits per heavy atom. The molecule has 3 heteroatoms. The standard InChI is InChI=1S/C17H25ClN2/c1-12(2)14-7-8-20(11-14)17-9-15(18)4-3-13(17)10-19-16-5-6-16/h3-4,9,12,14,16,19H,5-8,10-11H2,1-2H3. The second-order valence-electron chi connectivity index (χ2n) is 6.67. The minimum atomic E-state index is 0.750. The van der Waals surface area contributed by atoms with Crippen LogP contribution in [0.15, 0.2) is 18.2 Å². The molecule has 1 saturated heterocycles. The molecule has 3 rings (SSSR count). The molecule has 2 nitrogen and oxygen atoms in total. The van der Waals surface area contributed by atoms with Gasteiger partial charge in [-0.1, -0.05) is 31.5 Å². The van der Waals surface area contributed by atoms with Crippen molar-refractivity contribution in [3.05, 3.63) is 28.8 Å². The maximum atomic E-state index is 6.22. The van der Waals surface area contributed by atoms with Crippen molar-refractivity contribution in [2.75, 3.05) is 18.0 Å². The van der Waals surface area contributed by atoms with Crippen LogP contribution in [-0.2, 0) is 6.54 Å². The number of halogens is 1. The highest BCUT2D eigenvalue weighted by Gasteiger charge is 2.27. The maximum Gasteiger partial charge on any atom is 0.0426 e. The van der Waals surface area contributed by atoms with Gasteiger partial charge in [0.05, 0.1) is 0 Å². The minimum Gasteiger partial charge on any atom is -0.371 e. The zero-order valence-electron chi connectivity index (χ0n) is 12.5. The highest BCUT2D eigenvalue weighted by atomic mass is 35.5. The number of benzene rings is 1. The highest BCUT2D eigenvalue weighted by molar-refractivity contribution is 6.30. The fraction of sp³-hybridized carbons (Fsp3) is 0.647. The molecule has 0 radical (unpaired) electrons. The molecule has 1 aliphatic carbocycles. The molecule has 1 aromatic carbocycles. The molecule has 1 N–H and O–H groups in total. The number of hydrogen-bond acceptors (Lipinski definition) is 2. The van der Waals surface area contributed by atoms with Crippen molar-refractivity contribution in [2.45, 2.75) is 45.7 Å². The third-order valence-corrected chi connectivity index (χ3v) is 4.95. The summed E-state index contributed by atoms with van der Waals surface area (Å²) in [6, 6.07) is 7.11. The van der Waals surface area contributed by atoms with E-state index in [0.717, 1.165) is 29.4 Å². The largest absolute Gasteiger partial charge is 0.371 e. The van der Waals surface area contributed by atoms with E-state index in [2.05, 4.69) is 36.2 Å². The molecule has 2 fully saturated rings. The lowest BCUT2D eigenvalue weighted by Gasteiger charge is -2.23. The van der Waals surface area contributed by atoms with E-state index in [1.807, 2.05) is 6.07 Å². The first-order valence-corrected chi connectivity index (χ1v) is 8.28. The van der Waals surface area contributed by atoms with Gasteiger partial charge in [-0.3, -0.25) is 0 Å². The van der Waals surface area contributed by atoms with Gasteiger partial charge in [0.1, 0.15) is 0 Å². The van der Waals surface area contributed by atoms with Crippen LogP contribution in [0.5, 0.6) is 0 Å². The predicted octanol–water partition coefficient (Wildman–Crippen LogP) is 4.07. The van der Waals surface area contributed by atoms with Gasteiger partial charge in [-0.05, 0) is 48.8 Å². The number of rotatable bonds is 5. The van der Waals surface area contributed by atoms with E-state index in [4.69, 9.17) is 11.6 Å². The molecular weight excluding hydrogens is 268 g/mol. The summed E-state index contributed by atoms with van der Waals surface area (Å²) in [5, 5.41) is 4.47. The number of nitrogens with zero attached hydrogens (tertiary/aromatic N) is 1. The van der Waals surface area contributed by atoms with Crippen LogP contribution in [0.1, 0.15) is 38.7 Å². The van der Waals surface area contributed by atoms with Gasteiger partial charge in [-0.15, -0.1) is 0 Å². The molecule has 1 heterocycles. The van der Waals surface area contributed by atoms with Gasteiger partial charge >= 0.3 is 0 Å². The maximum absolute atomic E-state index is 6.22. The minimum absolute atomic E-state index is 0.750. The highest BCUT2D eigenvalue weighted by Crippen LogP contribution is 2.32. The first-order chi connectivity index (χ1) is 9.63. The Morgan fingerprint density at radius 1 is 1.30 bits per heavy atom. The van der Waals surface area contributed by atoms with Crippen molar-refractivity contribution in [2.24, 2.45) is 11.8 Å². The summed E-state index contributed by atoms with van der Waals surface area (Å²) in [5.41, 5.74) is 2.74. The molecule has 1 unspecified atom stereocenters. The molecule has 0 spiro atoms. The smallest absolute Gasteiger partial charge is 0.0426 e. The van der Waals surface area contributed by atoms with Crippen LogP contribution in [-0.4, -0.2) is 19.1 Å². The Morgan fingerprint density at radius 3 is 2.75 bits per heavy atom. The summed E-state index contributed by atoms with van der Waals surface area (Å²) in [5.74, 6) is 1.59. The Balaban J connectivity index is 1.74. The molecule has 1 aliphatic heterocycles. The van der Waals surface area contributed by atoms with Gasteiger partial charge in [0.15, 0.2) is 0 Å². The van der Waals surface area contributed by atoms with E-state index in [0.29, 0.717) is 0 Å². The van der Waals surface area contributed by atoms with Crippen LogP contribution in [0.2, 0.25) is 5.02 Å². The summed E-state index contributed by atoms with van der Waals surface area (Å²) in [6.45, 7) is 7.98. The third-order valence-electron chi connectivity index (χ3n) is 4.71. The van der Waals surface area contributed by atoms with E-state index < -0.39 is 0 Å². The molecule has 110 valence electrons. The second kappa shape index (κ2) is 5.95. The summed E-state index contributed by atoms with van der Waals surface area (Å²) < 4.78 is 0. The van der Waals surface area contributed by atoms with Crippen molar-refractivity contribution in [3.8, 4) is 0 Å². The fourth-order valence-corrected chi connectivity index (χ4v) is 3.24. The lowest BCUT2D eigenvalue weighted by Crippen LogP contribution is -2.24. The summed E-state index contributed by atoms with van der Waals surface area (Å²) in [7, 11) is 0. The molecule has 1 saturated carbocycles. The molecule has 2 aliphatic rings. The van der Waals surface area contributed by atoms with Crippen LogP contribution in [0.3, 0.4) is 0 Å². The number of anilines is 1. The van der Waals surface area contributed by atoms with Gasteiger partial charge in [-0.2, -0.15) is 0 Å².